The summed E-state index contributed by atoms with van der Waals surface area (Å²) in [7, 11) is -3.26. The fraction of sp³-hybridized carbons (Fsp3) is 0.455. The van der Waals surface area contributed by atoms with E-state index in [0.29, 0.717) is 5.56 Å². The average Bonchev–Trinajstić information content (AvgIpc) is 2.44. The summed E-state index contributed by atoms with van der Waals surface area (Å²) in [6.45, 7) is -1.71. The van der Waals surface area contributed by atoms with Crippen LogP contribution in [0.2, 0.25) is 0 Å². The third-order valence-electron chi connectivity index (χ3n) is 2.57. The van der Waals surface area contributed by atoms with Crippen molar-refractivity contribution in [3.8, 4) is 5.75 Å². The quantitative estimate of drug-likeness (QED) is 0.739. The molecule has 0 atom stereocenters. The van der Waals surface area contributed by atoms with Gasteiger partial charge in [-0.3, -0.25) is 0 Å². The highest BCUT2D eigenvalue weighted by Gasteiger charge is 2.41. The van der Waals surface area contributed by atoms with Gasteiger partial charge in [0.25, 0.3) is 0 Å². The zero-order valence-corrected chi connectivity index (χ0v) is 11.8. The number of rotatable bonds is 7. The molecule has 0 amide bonds. The summed E-state index contributed by atoms with van der Waals surface area (Å²) >= 11 is 0. The second-order valence-corrected chi connectivity index (χ2v) is 5.81. The lowest BCUT2D eigenvalue weighted by atomic mass is 10.2. The maximum Gasteiger partial charge on any atom is 0.320 e. The molecule has 1 rings (SSSR count). The Bertz CT molecular complexity index is 593. The molecule has 120 valence electrons. The van der Waals surface area contributed by atoms with Crippen LogP contribution in [-0.4, -0.2) is 34.4 Å². The fourth-order valence-corrected chi connectivity index (χ4v) is 2.66. The minimum Gasteiger partial charge on any atom is -0.495 e. The SMILES string of the molecule is COc1ccc(CN)cc1S(=O)(=O)NCC(F)(F)C(F)F. The van der Waals surface area contributed by atoms with Crippen LogP contribution in [0.15, 0.2) is 23.1 Å². The third-order valence-corrected chi connectivity index (χ3v) is 3.99. The van der Waals surface area contributed by atoms with Crippen molar-refractivity contribution in [3.05, 3.63) is 23.8 Å². The van der Waals surface area contributed by atoms with Crippen molar-refractivity contribution in [1.29, 1.82) is 0 Å². The Morgan fingerprint density at radius 1 is 1.38 bits per heavy atom. The van der Waals surface area contributed by atoms with Crippen LogP contribution in [0.4, 0.5) is 17.6 Å². The molecular weight excluding hydrogens is 316 g/mol. The van der Waals surface area contributed by atoms with Gasteiger partial charge in [-0.15, -0.1) is 0 Å². The first-order valence-corrected chi connectivity index (χ1v) is 7.15. The van der Waals surface area contributed by atoms with Crippen LogP contribution in [0.25, 0.3) is 0 Å². The molecule has 0 heterocycles. The number of alkyl halides is 4. The Kier molecular flexibility index (Phi) is 5.54. The smallest absolute Gasteiger partial charge is 0.320 e. The second-order valence-electron chi connectivity index (χ2n) is 4.08. The first-order chi connectivity index (χ1) is 9.64. The Morgan fingerprint density at radius 3 is 2.48 bits per heavy atom. The van der Waals surface area contributed by atoms with Crippen molar-refractivity contribution in [3.63, 3.8) is 0 Å². The van der Waals surface area contributed by atoms with Crippen molar-refractivity contribution in [2.24, 2.45) is 5.73 Å². The average molecular weight is 330 g/mol. The number of hydrogen-bond acceptors (Lipinski definition) is 4. The van der Waals surface area contributed by atoms with E-state index in [1.165, 1.54) is 24.0 Å². The molecule has 0 aliphatic carbocycles. The minimum absolute atomic E-state index is 0.0136. The van der Waals surface area contributed by atoms with Gasteiger partial charge in [-0.05, 0) is 17.7 Å². The van der Waals surface area contributed by atoms with Crippen molar-refractivity contribution in [2.75, 3.05) is 13.7 Å². The molecule has 0 unspecified atom stereocenters. The van der Waals surface area contributed by atoms with Gasteiger partial charge >= 0.3 is 12.3 Å². The minimum atomic E-state index is -4.47. The van der Waals surface area contributed by atoms with Crippen LogP contribution in [0.1, 0.15) is 5.56 Å². The molecule has 1 aromatic rings. The van der Waals surface area contributed by atoms with Crippen molar-refractivity contribution >= 4 is 10.0 Å². The second kappa shape index (κ2) is 6.58. The van der Waals surface area contributed by atoms with Crippen LogP contribution in [-0.2, 0) is 16.6 Å². The highest BCUT2D eigenvalue weighted by atomic mass is 32.2. The number of sulfonamides is 1. The third kappa shape index (κ3) is 4.29. The summed E-state index contributed by atoms with van der Waals surface area (Å²) in [4.78, 5) is -0.446. The summed E-state index contributed by atoms with van der Waals surface area (Å²) in [5.74, 6) is -4.58. The Balaban J connectivity index is 3.08. The van der Waals surface area contributed by atoms with E-state index in [9.17, 15) is 26.0 Å². The molecule has 0 saturated heterocycles. The molecule has 21 heavy (non-hydrogen) atoms. The molecule has 0 bridgehead atoms. The lowest BCUT2D eigenvalue weighted by Gasteiger charge is -2.17. The van der Waals surface area contributed by atoms with E-state index < -0.39 is 33.8 Å². The molecule has 5 nitrogen and oxygen atoms in total. The van der Waals surface area contributed by atoms with E-state index in [1.807, 2.05) is 0 Å². The number of ether oxygens (including phenoxy) is 1. The van der Waals surface area contributed by atoms with Gasteiger partial charge in [-0.25, -0.2) is 21.9 Å². The maximum absolute atomic E-state index is 12.8. The zero-order chi connectivity index (χ0) is 16.3. The number of hydrogen-bond donors (Lipinski definition) is 2. The predicted molar refractivity (Wildman–Crippen MR) is 67.0 cm³/mol. The molecule has 10 heteroatoms. The largest absolute Gasteiger partial charge is 0.495 e. The van der Waals surface area contributed by atoms with Gasteiger partial charge in [0.2, 0.25) is 10.0 Å². The van der Waals surface area contributed by atoms with Gasteiger partial charge < -0.3 is 10.5 Å². The first kappa shape index (κ1) is 17.7. The summed E-state index contributed by atoms with van der Waals surface area (Å²) in [6.07, 6.45) is -3.97. The summed E-state index contributed by atoms with van der Waals surface area (Å²) in [5.41, 5.74) is 5.77. The number of halogens is 4. The van der Waals surface area contributed by atoms with Crippen LogP contribution in [0.3, 0.4) is 0 Å². The Morgan fingerprint density at radius 2 is 2.00 bits per heavy atom. The molecular formula is C11H14F4N2O3S. The summed E-state index contributed by atoms with van der Waals surface area (Å²) < 4.78 is 79.8. The Hall–Kier alpha value is -1.39. The molecule has 3 N–H and O–H groups in total. The molecule has 0 aliphatic heterocycles. The summed E-state index contributed by atoms with van der Waals surface area (Å²) in [5, 5.41) is 0. The van der Waals surface area contributed by atoms with Gasteiger partial charge in [0.15, 0.2) is 0 Å². The molecule has 0 spiro atoms. The fourth-order valence-electron chi connectivity index (χ4n) is 1.40. The molecule has 0 radical (unpaired) electrons. The normalized spacial score (nSPS) is 12.7. The van der Waals surface area contributed by atoms with Gasteiger partial charge in [-0.1, -0.05) is 6.07 Å². The Labute approximate surface area is 119 Å². The highest BCUT2D eigenvalue weighted by Crippen LogP contribution is 2.26. The van der Waals surface area contributed by atoms with E-state index in [0.717, 1.165) is 6.07 Å². The molecule has 0 fully saturated rings. The van der Waals surface area contributed by atoms with Gasteiger partial charge in [0.05, 0.1) is 13.7 Å². The first-order valence-electron chi connectivity index (χ1n) is 5.66. The van der Waals surface area contributed by atoms with Crippen LogP contribution in [0, 0.1) is 0 Å². The lowest BCUT2D eigenvalue weighted by molar-refractivity contribution is -0.122. The standard InChI is InChI=1S/C11H14F4N2O3S/c1-20-8-3-2-7(5-16)4-9(8)21(18,19)17-6-11(14,15)10(12)13/h2-4,10,17H,5-6,16H2,1H3. The van der Waals surface area contributed by atoms with Crippen molar-refractivity contribution in [1.82, 2.24) is 4.72 Å². The number of benzene rings is 1. The summed E-state index contributed by atoms with van der Waals surface area (Å²) in [6, 6.07) is 3.91. The molecule has 0 aliphatic rings. The topological polar surface area (TPSA) is 81.4 Å². The number of nitrogens with one attached hydrogen (secondary N) is 1. The predicted octanol–water partition coefficient (Wildman–Crippen LogP) is 1.33. The van der Waals surface area contributed by atoms with Gasteiger partial charge in [0, 0.05) is 6.54 Å². The lowest BCUT2D eigenvalue weighted by Crippen LogP contribution is -2.41. The van der Waals surface area contributed by atoms with Crippen LogP contribution < -0.4 is 15.2 Å². The van der Waals surface area contributed by atoms with Crippen LogP contribution >= 0.6 is 0 Å². The molecule has 0 saturated carbocycles. The van der Waals surface area contributed by atoms with Gasteiger partial charge in [-0.2, -0.15) is 8.78 Å². The monoisotopic (exact) mass is 330 g/mol. The maximum atomic E-state index is 12.8. The number of methoxy groups -OCH3 is 1. The number of nitrogens with two attached hydrogens (primary N) is 1. The van der Waals surface area contributed by atoms with Gasteiger partial charge in [0.1, 0.15) is 10.6 Å². The van der Waals surface area contributed by atoms with Crippen LogP contribution in [0.5, 0.6) is 5.75 Å². The molecule has 0 aromatic heterocycles. The van der Waals surface area contributed by atoms with E-state index in [2.05, 4.69) is 0 Å². The van der Waals surface area contributed by atoms with E-state index >= 15 is 0 Å². The zero-order valence-electron chi connectivity index (χ0n) is 10.9. The highest BCUT2D eigenvalue weighted by molar-refractivity contribution is 7.89. The van der Waals surface area contributed by atoms with Crippen molar-refractivity contribution < 1.29 is 30.7 Å². The van der Waals surface area contributed by atoms with Crippen molar-refractivity contribution in [2.45, 2.75) is 23.8 Å². The van der Waals surface area contributed by atoms with E-state index in [1.54, 1.807) is 0 Å². The molecule has 1 aromatic carbocycles. The van der Waals surface area contributed by atoms with E-state index in [4.69, 9.17) is 10.5 Å². The van der Waals surface area contributed by atoms with E-state index in [-0.39, 0.29) is 12.3 Å².